The van der Waals surface area contributed by atoms with Crippen molar-refractivity contribution in [2.75, 3.05) is 0 Å². The molecular formula is C16H22N2O2S. The number of thiophene rings is 1. The van der Waals surface area contributed by atoms with Crippen molar-refractivity contribution in [3.8, 4) is 0 Å². The van der Waals surface area contributed by atoms with Crippen LogP contribution < -0.4 is 10.9 Å². The molecule has 0 radical (unpaired) electrons. The molecule has 0 unspecified atom stereocenters. The van der Waals surface area contributed by atoms with E-state index in [1.807, 2.05) is 13.0 Å². The lowest BCUT2D eigenvalue weighted by atomic mass is 9.88. The molecule has 3 atom stereocenters. The Morgan fingerprint density at radius 1 is 1.29 bits per heavy atom. The van der Waals surface area contributed by atoms with E-state index in [9.17, 15) is 9.59 Å². The Morgan fingerprint density at radius 2 is 2.10 bits per heavy atom. The van der Waals surface area contributed by atoms with Crippen molar-refractivity contribution in [3.05, 3.63) is 21.4 Å². The highest BCUT2D eigenvalue weighted by atomic mass is 32.1. The maximum atomic E-state index is 12.2. The highest BCUT2D eigenvalue weighted by Crippen LogP contribution is 2.48. The largest absolute Gasteiger partial charge is 0.279 e. The van der Waals surface area contributed by atoms with Gasteiger partial charge in [0.2, 0.25) is 5.91 Å². The van der Waals surface area contributed by atoms with Crippen LogP contribution in [0.1, 0.15) is 52.7 Å². The van der Waals surface area contributed by atoms with Crippen molar-refractivity contribution < 1.29 is 9.59 Å². The van der Waals surface area contributed by atoms with Crippen molar-refractivity contribution in [2.45, 2.75) is 46.0 Å². The van der Waals surface area contributed by atoms with Gasteiger partial charge in [-0.05, 0) is 56.1 Å². The van der Waals surface area contributed by atoms with Crippen LogP contribution in [0.25, 0.3) is 0 Å². The average Bonchev–Trinajstić information content (AvgIpc) is 3.18. The second kappa shape index (κ2) is 5.79. The van der Waals surface area contributed by atoms with E-state index in [4.69, 9.17) is 0 Å². The molecule has 21 heavy (non-hydrogen) atoms. The predicted molar refractivity (Wildman–Crippen MR) is 83.0 cm³/mol. The van der Waals surface area contributed by atoms with Crippen LogP contribution >= 0.6 is 11.3 Å². The molecule has 2 fully saturated rings. The van der Waals surface area contributed by atoms with Crippen LogP contribution in [0.5, 0.6) is 0 Å². The number of carbonyl (C=O) groups is 2. The molecular weight excluding hydrogens is 284 g/mol. The fraction of sp³-hybridized carbons (Fsp3) is 0.625. The van der Waals surface area contributed by atoms with E-state index in [-0.39, 0.29) is 17.7 Å². The Kier molecular flexibility index (Phi) is 4.02. The van der Waals surface area contributed by atoms with Crippen LogP contribution in [-0.4, -0.2) is 11.8 Å². The normalized spacial score (nSPS) is 26.9. The maximum absolute atomic E-state index is 12.2. The minimum atomic E-state index is -0.209. The van der Waals surface area contributed by atoms with Gasteiger partial charge in [-0.25, -0.2) is 0 Å². The van der Waals surface area contributed by atoms with Crippen molar-refractivity contribution in [1.29, 1.82) is 0 Å². The third kappa shape index (κ3) is 2.84. The van der Waals surface area contributed by atoms with E-state index >= 15 is 0 Å². The van der Waals surface area contributed by atoms with E-state index in [2.05, 4.69) is 17.8 Å². The van der Waals surface area contributed by atoms with E-state index in [0.29, 0.717) is 10.8 Å². The summed E-state index contributed by atoms with van der Waals surface area (Å²) < 4.78 is 0. The van der Waals surface area contributed by atoms with Crippen LogP contribution in [-0.2, 0) is 11.2 Å². The SMILES string of the molecule is CCc1sc(C(=O)NNC(=O)[C@@H]2C[C@H]3CC[C@H]2C3)cc1C. The predicted octanol–water partition coefficient (Wildman–Crippen LogP) is 2.82. The first-order chi connectivity index (χ1) is 10.1. The summed E-state index contributed by atoms with van der Waals surface area (Å²) in [6.07, 6.45) is 5.55. The van der Waals surface area contributed by atoms with Crippen LogP contribution in [0.3, 0.4) is 0 Å². The Balaban J connectivity index is 1.54. The van der Waals surface area contributed by atoms with Crippen LogP contribution in [0.4, 0.5) is 0 Å². The van der Waals surface area contributed by atoms with Crippen molar-refractivity contribution >= 4 is 23.2 Å². The lowest BCUT2D eigenvalue weighted by Gasteiger charge is -2.20. The van der Waals surface area contributed by atoms with Crippen LogP contribution in [0.15, 0.2) is 6.07 Å². The minimum absolute atomic E-state index is 0.0143. The summed E-state index contributed by atoms with van der Waals surface area (Å²) >= 11 is 1.50. The molecule has 2 saturated carbocycles. The van der Waals surface area contributed by atoms with Crippen LogP contribution in [0, 0.1) is 24.7 Å². The molecule has 1 aromatic rings. The van der Waals surface area contributed by atoms with Crippen molar-refractivity contribution in [1.82, 2.24) is 10.9 Å². The summed E-state index contributed by atoms with van der Waals surface area (Å²) in [5.74, 6) is 1.13. The summed E-state index contributed by atoms with van der Waals surface area (Å²) in [5.41, 5.74) is 6.34. The maximum Gasteiger partial charge on any atom is 0.279 e. The van der Waals surface area contributed by atoms with Gasteiger partial charge in [0.05, 0.1) is 4.88 Å². The average molecular weight is 306 g/mol. The fourth-order valence-corrected chi connectivity index (χ4v) is 4.83. The van der Waals surface area contributed by atoms with Gasteiger partial charge in [-0.15, -0.1) is 11.3 Å². The zero-order chi connectivity index (χ0) is 15.0. The highest BCUT2D eigenvalue weighted by molar-refractivity contribution is 7.14. The molecule has 2 bridgehead atoms. The molecule has 2 aliphatic rings. The smallest absolute Gasteiger partial charge is 0.273 e. The van der Waals surface area contributed by atoms with Gasteiger partial charge in [-0.3, -0.25) is 20.4 Å². The van der Waals surface area contributed by atoms with E-state index in [1.54, 1.807) is 0 Å². The summed E-state index contributed by atoms with van der Waals surface area (Å²) in [5, 5.41) is 0. The molecule has 0 aliphatic heterocycles. The first-order valence-electron chi connectivity index (χ1n) is 7.78. The second-order valence-corrected chi connectivity index (χ2v) is 7.43. The van der Waals surface area contributed by atoms with Gasteiger partial charge in [0, 0.05) is 10.8 Å². The van der Waals surface area contributed by atoms with E-state index in [1.165, 1.54) is 35.5 Å². The number of hydrazine groups is 1. The third-order valence-electron chi connectivity index (χ3n) is 4.94. The van der Waals surface area contributed by atoms with Gasteiger partial charge in [0.1, 0.15) is 0 Å². The minimum Gasteiger partial charge on any atom is -0.273 e. The molecule has 0 saturated heterocycles. The molecule has 2 N–H and O–H groups in total. The number of amides is 2. The van der Waals surface area contributed by atoms with Gasteiger partial charge >= 0.3 is 0 Å². The standard InChI is InChI=1S/C16H22N2O2S/c1-3-13-9(2)6-14(21-13)16(20)18-17-15(19)12-8-10-4-5-11(12)7-10/h6,10-12H,3-5,7-8H2,1-2H3,(H,17,19)(H,18,20)/t10-,11-,12+/m0/s1. The third-order valence-corrected chi connectivity index (χ3v) is 6.32. The Hall–Kier alpha value is -1.36. The zero-order valence-electron chi connectivity index (χ0n) is 12.6. The van der Waals surface area contributed by atoms with E-state index < -0.39 is 0 Å². The molecule has 4 nitrogen and oxygen atoms in total. The van der Waals surface area contributed by atoms with Gasteiger partial charge in [0.25, 0.3) is 5.91 Å². The zero-order valence-corrected chi connectivity index (χ0v) is 13.4. The highest BCUT2D eigenvalue weighted by Gasteiger charge is 2.43. The number of rotatable bonds is 3. The summed E-state index contributed by atoms with van der Waals surface area (Å²) in [4.78, 5) is 26.2. The monoisotopic (exact) mass is 306 g/mol. The summed E-state index contributed by atoms with van der Waals surface area (Å²) in [6.45, 7) is 4.09. The lowest BCUT2D eigenvalue weighted by Crippen LogP contribution is -2.45. The summed E-state index contributed by atoms with van der Waals surface area (Å²) in [7, 11) is 0. The number of nitrogens with one attached hydrogen (secondary N) is 2. The number of hydrogen-bond acceptors (Lipinski definition) is 3. The summed E-state index contributed by atoms with van der Waals surface area (Å²) in [6, 6.07) is 1.89. The number of aryl methyl sites for hydroxylation is 2. The molecule has 0 aromatic carbocycles. The van der Waals surface area contributed by atoms with E-state index in [0.717, 1.165) is 24.3 Å². The molecule has 3 rings (SSSR count). The van der Waals surface area contributed by atoms with Gasteiger partial charge in [-0.1, -0.05) is 13.3 Å². The Bertz CT molecular complexity index is 567. The topological polar surface area (TPSA) is 58.2 Å². The molecule has 2 aliphatic carbocycles. The van der Waals surface area contributed by atoms with Crippen molar-refractivity contribution in [3.63, 3.8) is 0 Å². The number of carbonyl (C=O) groups excluding carboxylic acids is 2. The molecule has 1 aromatic heterocycles. The molecule has 114 valence electrons. The number of fused-ring (bicyclic) bond motifs is 2. The lowest BCUT2D eigenvalue weighted by molar-refractivity contribution is -0.127. The molecule has 2 amide bonds. The van der Waals surface area contributed by atoms with Gasteiger partial charge in [-0.2, -0.15) is 0 Å². The first kappa shape index (κ1) is 14.6. The first-order valence-corrected chi connectivity index (χ1v) is 8.59. The molecule has 5 heteroatoms. The second-order valence-electron chi connectivity index (χ2n) is 6.30. The quantitative estimate of drug-likeness (QED) is 0.844. The fourth-order valence-electron chi connectivity index (χ4n) is 3.82. The Labute approximate surface area is 129 Å². The van der Waals surface area contributed by atoms with Crippen LogP contribution in [0.2, 0.25) is 0 Å². The molecule has 1 heterocycles. The Morgan fingerprint density at radius 3 is 2.67 bits per heavy atom. The van der Waals surface area contributed by atoms with Gasteiger partial charge in [0.15, 0.2) is 0 Å². The number of hydrogen-bond donors (Lipinski definition) is 2. The van der Waals surface area contributed by atoms with Gasteiger partial charge < -0.3 is 0 Å². The molecule has 0 spiro atoms. The van der Waals surface area contributed by atoms with Crippen molar-refractivity contribution in [2.24, 2.45) is 17.8 Å².